The van der Waals surface area contributed by atoms with Crippen molar-refractivity contribution in [2.45, 2.75) is 78.1 Å². The van der Waals surface area contributed by atoms with E-state index in [9.17, 15) is 0 Å². The van der Waals surface area contributed by atoms with E-state index in [0.717, 1.165) is 23.7 Å². The third-order valence-electron chi connectivity index (χ3n) is 5.59. The lowest BCUT2D eigenvalue weighted by atomic mass is 9.69. The SMILES string of the molecule is CC/C=C/C1CCC(C2CCC(/C=C/CC)CC2)CC1.[HH].[HH]. The van der Waals surface area contributed by atoms with Crippen molar-refractivity contribution in [3.63, 3.8) is 0 Å². The molecular weight excluding hydrogens is 240 g/mol. The fourth-order valence-electron chi connectivity index (χ4n) is 4.27. The second-order valence-corrected chi connectivity index (χ2v) is 7.02. The van der Waals surface area contributed by atoms with Crippen LogP contribution in [0, 0.1) is 23.7 Å². The molecule has 2 aliphatic carbocycles. The van der Waals surface area contributed by atoms with Crippen molar-refractivity contribution < 1.29 is 2.85 Å². The highest BCUT2D eigenvalue weighted by Gasteiger charge is 2.29. The number of rotatable bonds is 5. The van der Waals surface area contributed by atoms with Crippen LogP contribution in [0.4, 0.5) is 0 Å². The molecule has 2 fully saturated rings. The predicted molar refractivity (Wildman–Crippen MR) is 94.0 cm³/mol. The number of hydrogen-bond donors (Lipinski definition) is 0. The van der Waals surface area contributed by atoms with Gasteiger partial charge < -0.3 is 0 Å². The van der Waals surface area contributed by atoms with Crippen LogP contribution in [0.3, 0.4) is 0 Å². The van der Waals surface area contributed by atoms with Gasteiger partial charge in [0.15, 0.2) is 0 Å². The summed E-state index contributed by atoms with van der Waals surface area (Å²) in [6.07, 6.45) is 23.9. The van der Waals surface area contributed by atoms with Crippen molar-refractivity contribution in [2.75, 3.05) is 0 Å². The van der Waals surface area contributed by atoms with E-state index in [1.807, 2.05) is 0 Å². The Kier molecular flexibility index (Phi) is 6.90. The fraction of sp³-hybridized carbons (Fsp3) is 0.800. The van der Waals surface area contributed by atoms with Gasteiger partial charge in [0.25, 0.3) is 0 Å². The highest BCUT2D eigenvalue weighted by Crippen LogP contribution is 2.41. The summed E-state index contributed by atoms with van der Waals surface area (Å²) in [4.78, 5) is 0. The molecule has 0 amide bonds. The average Bonchev–Trinajstić information content (AvgIpc) is 2.52. The summed E-state index contributed by atoms with van der Waals surface area (Å²) in [6, 6.07) is 0. The molecule has 2 saturated carbocycles. The average molecular weight is 279 g/mol. The molecular formula is C20H38. The summed E-state index contributed by atoms with van der Waals surface area (Å²) < 4.78 is 0. The van der Waals surface area contributed by atoms with Gasteiger partial charge in [-0.3, -0.25) is 0 Å². The number of hydrogen-bond acceptors (Lipinski definition) is 0. The molecule has 0 nitrogen and oxygen atoms in total. The minimum Gasteiger partial charge on any atom is -0.0885 e. The Morgan fingerprint density at radius 1 is 0.650 bits per heavy atom. The van der Waals surface area contributed by atoms with Crippen LogP contribution >= 0.6 is 0 Å². The van der Waals surface area contributed by atoms with Gasteiger partial charge in [0.05, 0.1) is 0 Å². The molecule has 118 valence electrons. The van der Waals surface area contributed by atoms with Crippen LogP contribution in [-0.2, 0) is 0 Å². The lowest BCUT2D eigenvalue weighted by Crippen LogP contribution is -2.25. The Hall–Kier alpha value is -0.520. The topological polar surface area (TPSA) is 0 Å². The molecule has 0 aromatic carbocycles. The van der Waals surface area contributed by atoms with Gasteiger partial charge in [-0.2, -0.15) is 0 Å². The lowest BCUT2D eigenvalue weighted by molar-refractivity contribution is 0.166. The maximum absolute atomic E-state index is 2.49. The monoisotopic (exact) mass is 278 g/mol. The zero-order chi connectivity index (χ0) is 14.2. The highest BCUT2D eigenvalue weighted by molar-refractivity contribution is 4.94. The Morgan fingerprint density at radius 3 is 1.30 bits per heavy atom. The van der Waals surface area contributed by atoms with Gasteiger partial charge >= 0.3 is 0 Å². The van der Waals surface area contributed by atoms with Crippen LogP contribution in [0.25, 0.3) is 0 Å². The Morgan fingerprint density at radius 2 is 1.00 bits per heavy atom. The second kappa shape index (κ2) is 8.70. The van der Waals surface area contributed by atoms with E-state index < -0.39 is 0 Å². The van der Waals surface area contributed by atoms with E-state index in [1.165, 1.54) is 64.2 Å². The van der Waals surface area contributed by atoms with Gasteiger partial charge in [-0.25, -0.2) is 0 Å². The van der Waals surface area contributed by atoms with Crippen LogP contribution in [0.2, 0.25) is 0 Å². The molecule has 0 N–H and O–H groups in total. The lowest BCUT2D eigenvalue weighted by Gasteiger charge is -2.37. The molecule has 0 aromatic heterocycles. The largest absolute Gasteiger partial charge is 0.0885 e. The van der Waals surface area contributed by atoms with Crippen molar-refractivity contribution in [2.24, 2.45) is 23.7 Å². The first kappa shape index (κ1) is 15.9. The molecule has 0 heteroatoms. The van der Waals surface area contributed by atoms with Crippen molar-refractivity contribution in [3.05, 3.63) is 24.3 Å². The van der Waals surface area contributed by atoms with Crippen LogP contribution in [-0.4, -0.2) is 0 Å². The molecule has 0 heterocycles. The summed E-state index contributed by atoms with van der Waals surface area (Å²) in [5.74, 6) is 3.90. The van der Waals surface area contributed by atoms with E-state index >= 15 is 0 Å². The molecule has 20 heavy (non-hydrogen) atoms. The first-order valence-corrected chi connectivity index (χ1v) is 9.16. The van der Waals surface area contributed by atoms with E-state index in [0.29, 0.717) is 0 Å². The summed E-state index contributed by atoms with van der Waals surface area (Å²) in [6.45, 7) is 4.49. The fourth-order valence-corrected chi connectivity index (χ4v) is 4.27. The molecule has 0 bridgehead atoms. The summed E-state index contributed by atoms with van der Waals surface area (Å²) in [5, 5.41) is 0. The molecule has 2 aliphatic rings. The van der Waals surface area contributed by atoms with Crippen LogP contribution < -0.4 is 0 Å². The van der Waals surface area contributed by atoms with Gasteiger partial charge in [0.1, 0.15) is 0 Å². The van der Waals surface area contributed by atoms with Gasteiger partial charge in [0, 0.05) is 2.85 Å². The van der Waals surface area contributed by atoms with E-state index in [2.05, 4.69) is 38.2 Å². The minimum atomic E-state index is 0. The number of allylic oxidation sites excluding steroid dienone is 4. The molecule has 2 rings (SSSR count). The summed E-state index contributed by atoms with van der Waals surface area (Å²) in [5.41, 5.74) is 0. The van der Waals surface area contributed by atoms with Gasteiger partial charge in [-0.1, -0.05) is 38.2 Å². The van der Waals surface area contributed by atoms with Gasteiger partial charge in [-0.15, -0.1) is 0 Å². The van der Waals surface area contributed by atoms with E-state index in [1.54, 1.807) is 0 Å². The first-order chi connectivity index (χ1) is 9.83. The standard InChI is InChI=1S/C20H34.2H2/c1-3-5-7-17-9-13-19(14-10-17)20-15-11-18(12-16-20)8-6-4-2;;/h5-8,17-20H,3-4,9-16H2,1-2H3;2*1H/b7-5+,8-6+;;. The third kappa shape index (κ3) is 4.79. The Balaban J connectivity index is 0.00000220. The van der Waals surface area contributed by atoms with Crippen LogP contribution in [0.1, 0.15) is 80.9 Å². The van der Waals surface area contributed by atoms with Crippen molar-refractivity contribution in [1.29, 1.82) is 0 Å². The van der Waals surface area contributed by atoms with Crippen molar-refractivity contribution in [1.82, 2.24) is 0 Å². The molecule has 0 saturated heterocycles. The second-order valence-electron chi connectivity index (χ2n) is 7.02. The summed E-state index contributed by atoms with van der Waals surface area (Å²) >= 11 is 0. The summed E-state index contributed by atoms with van der Waals surface area (Å²) in [7, 11) is 0. The zero-order valence-corrected chi connectivity index (χ0v) is 13.7. The molecule has 0 unspecified atom stereocenters. The predicted octanol–water partition coefficient (Wildman–Crippen LogP) is 7.02. The van der Waals surface area contributed by atoms with Crippen molar-refractivity contribution >= 4 is 0 Å². The third-order valence-corrected chi connectivity index (χ3v) is 5.59. The Bertz CT molecular complexity index is 274. The van der Waals surface area contributed by atoms with E-state index in [-0.39, 0.29) is 2.85 Å². The minimum absolute atomic E-state index is 0. The smallest absolute Gasteiger partial charge is 0 e. The first-order valence-electron chi connectivity index (χ1n) is 9.16. The molecule has 0 atom stereocenters. The van der Waals surface area contributed by atoms with Gasteiger partial charge in [0.2, 0.25) is 0 Å². The molecule has 0 aliphatic heterocycles. The van der Waals surface area contributed by atoms with E-state index in [4.69, 9.17) is 0 Å². The zero-order valence-electron chi connectivity index (χ0n) is 13.7. The van der Waals surface area contributed by atoms with Crippen LogP contribution in [0.5, 0.6) is 0 Å². The van der Waals surface area contributed by atoms with Gasteiger partial charge in [-0.05, 0) is 87.9 Å². The Labute approximate surface area is 129 Å². The van der Waals surface area contributed by atoms with Crippen molar-refractivity contribution in [3.8, 4) is 0 Å². The molecule has 0 spiro atoms. The highest BCUT2D eigenvalue weighted by atomic mass is 14.3. The quantitative estimate of drug-likeness (QED) is 0.474. The molecule has 0 aromatic rings. The van der Waals surface area contributed by atoms with Crippen LogP contribution in [0.15, 0.2) is 24.3 Å². The normalized spacial score (nSPS) is 35.9. The maximum Gasteiger partial charge on any atom is 0 e. The maximum atomic E-state index is 2.49. The molecule has 0 radical (unpaired) electrons.